The number of amides is 1. The largest absolute Gasteiger partial charge is 0.493 e. The minimum absolute atomic E-state index is 0.150. The second-order valence-electron chi connectivity index (χ2n) is 5.73. The smallest absolute Gasteiger partial charge is 0.253 e. The fourth-order valence-corrected chi connectivity index (χ4v) is 2.84. The van der Waals surface area contributed by atoms with Gasteiger partial charge in [-0.15, -0.1) is 0 Å². The molecular formula is C19H21ClN2O4. The Morgan fingerprint density at radius 3 is 2.58 bits per heavy atom. The summed E-state index contributed by atoms with van der Waals surface area (Å²) in [5.41, 5.74) is 2.65. The van der Waals surface area contributed by atoms with Gasteiger partial charge in [0.15, 0.2) is 11.5 Å². The van der Waals surface area contributed by atoms with Crippen LogP contribution in [0.25, 0.3) is 6.08 Å². The number of H-pyrrole nitrogens is 1. The van der Waals surface area contributed by atoms with Gasteiger partial charge in [-0.1, -0.05) is 11.6 Å². The number of aryl methyl sites for hydroxylation is 2. The van der Waals surface area contributed by atoms with E-state index in [0.29, 0.717) is 27.6 Å². The van der Waals surface area contributed by atoms with Crippen LogP contribution in [0.1, 0.15) is 22.4 Å². The molecule has 2 rings (SSSR count). The predicted molar refractivity (Wildman–Crippen MR) is 102 cm³/mol. The molecule has 0 radical (unpaired) electrons. The van der Waals surface area contributed by atoms with Crippen molar-refractivity contribution in [2.75, 3.05) is 14.2 Å². The van der Waals surface area contributed by atoms with Gasteiger partial charge < -0.3 is 19.8 Å². The molecule has 0 fully saturated rings. The molecule has 6 nitrogen and oxygen atoms in total. The van der Waals surface area contributed by atoms with E-state index in [1.54, 1.807) is 18.2 Å². The second kappa shape index (κ2) is 8.58. The normalized spacial score (nSPS) is 10.8. The van der Waals surface area contributed by atoms with Crippen molar-refractivity contribution in [2.45, 2.75) is 20.4 Å². The summed E-state index contributed by atoms with van der Waals surface area (Å²) in [6, 6.07) is 5.25. The van der Waals surface area contributed by atoms with E-state index < -0.39 is 0 Å². The maximum atomic E-state index is 12.0. The molecule has 1 aromatic carbocycles. The number of aromatic amines is 1. The molecule has 1 heterocycles. The number of rotatable bonds is 6. The Balaban J connectivity index is 2.09. The fraction of sp³-hybridized carbons (Fsp3) is 0.263. The molecule has 2 N–H and O–H groups in total. The highest BCUT2D eigenvalue weighted by atomic mass is 35.5. The van der Waals surface area contributed by atoms with Gasteiger partial charge in [-0.3, -0.25) is 9.59 Å². The van der Waals surface area contributed by atoms with Crippen LogP contribution in [-0.4, -0.2) is 25.1 Å². The minimum Gasteiger partial charge on any atom is -0.493 e. The van der Waals surface area contributed by atoms with Crippen molar-refractivity contribution < 1.29 is 14.3 Å². The van der Waals surface area contributed by atoms with E-state index in [-0.39, 0.29) is 18.0 Å². The average Bonchev–Trinajstić information content (AvgIpc) is 2.58. The van der Waals surface area contributed by atoms with Crippen LogP contribution in [0.2, 0.25) is 5.02 Å². The number of pyridine rings is 1. The molecule has 0 aliphatic rings. The SMILES string of the molecule is COc1cc(/C=C/C(=O)NCc2c(C)cc(C)[nH]c2=O)cc(Cl)c1OC. The summed E-state index contributed by atoms with van der Waals surface area (Å²) in [5.74, 6) is 0.585. The summed E-state index contributed by atoms with van der Waals surface area (Å²) in [6.07, 6.45) is 2.98. The van der Waals surface area contributed by atoms with Crippen LogP contribution in [0, 0.1) is 13.8 Å². The number of carbonyl (C=O) groups excluding carboxylic acids is 1. The summed E-state index contributed by atoms with van der Waals surface area (Å²) < 4.78 is 10.4. The number of benzene rings is 1. The molecule has 0 unspecified atom stereocenters. The molecule has 0 aliphatic heterocycles. The third-order valence-corrected chi connectivity index (χ3v) is 4.10. The van der Waals surface area contributed by atoms with E-state index in [1.807, 2.05) is 19.9 Å². The Labute approximate surface area is 156 Å². The molecule has 0 saturated heterocycles. The van der Waals surface area contributed by atoms with Crippen LogP contribution in [0.5, 0.6) is 11.5 Å². The van der Waals surface area contributed by atoms with Gasteiger partial charge >= 0.3 is 0 Å². The number of methoxy groups -OCH3 is 2. The van der Waals surface area contributed by atoms with Crippen LogP contribution < -0.4 is 20.3 Å². The van der Waals surface area contributed by atoms with Crippen molar-refractivity contribution in [3.8, 4) is 11.5 Å². The number of hydrogen-bond donors (Lipinski definition) is 2. The summed E-state index contributed by atoms with van der Waals surface area (Å²) in [4.78, 5) is 26.7. The van der Waals surface area contributed by atoms with Gasteiger partial charge in [-0.05, 0) is 49.2 Å². The van der Waals surface area contributed by atoms with Crippen molar-refractivity contribution in [2.24, 2.45) is 0 Å². The quantitative estimate of drug-likeness (QED) is 0.759. The predicted octanol–water partition coefficient (Wildman–Crippen LogP) is 2.99. The van der Waals surface area contributed by atoms with Crippen molar-refractivity contribution in [3.05, 3.63) is 62.0 Å². The summed E-state index contributed by atoms with van der Waals surface area (Å²) in [7, 11) is 3.01. The first kappa shape index (κ1) is 19.6. The van der Waals surface area contributed by atoms with E-state index in [1.165, 1.54) is 20.3 Å². The molecule has 2 aromatic rings. The third kappa shape index (κ3) is 4.67. The van der Waals surface area contributed by atoms with E-state index in [4.69, 9.17) is 21.1 Å². The van der Waals surface area contributed by atoms with Crippen LogP contribution in [-0.2, 0) is 11.3 Å². The van der Waals surface area contributed by atoms with Gasteiger partial charge in [0.1, 0.15) is 0 Å². The number of halogens is 1. The zero-order chi connectivity index (χ0) is 19.3. The zero-order valence-corrected chi connectivity index (χ0v) is 15.9. The summed E-state index contributed by atoms with van der Waals surface area (Å²) in [5, 5.41) is 3.08. The van der Waals surface area contributed by atoms with E-state index in [9.17, 15) is 9.59 Å². The number of carbonyl (C=O) groups is 1. The third-order valence-electron chi connectivity index (χ3n) is 3.82. The first-order valence-electron chi connectivity index (χ1n) is 7.92. The highest BCUT2D eigenvalue weighted by Crippen LogP contribution is 2.36. The lowest BCUT2D eigenvalue weighted by atomic mass is 10.1. The Morgan fingerprint density at radius 1 is 1.23 bits per heavy atom. The van der Waals surface area contributed by atoms with Crippen LogP contribution in [0.4, 0.5) is 0 Å². The average molecular weight is 377 g/mol. The highest BCUT2D eigenvalue weighted by Gasteiger charge is 2.10. The molecule has 0 bridgehead atoms. The Kier molecular flexibility index (Phi) is 6.46. The van der Waals surface area contributed by atoms with E-state index in [2.05, 4.69) is 10.3 Å². The molecule has 1 aromatic heterocycles. The second-order valence-corrected chi connectivity index (χ2v) is 6.14. The molecule has 0 atom stereocenters. The zero-order valence-electron chi connectivity index (χ0n) is 15.1. The van der Waals surface area contributed by atoms with Gasteiger partial charge in [0.05, 0.1) is 19.2 Å². The lowest BCUT2D eigenvalue weighted by Crippen LogP contribution is -2.26. The van der Waals surface area contributed by atoms with Crippen molar-refractivity contribution in [1.82, 2.24) is 10.3 Å². The van der Waals surface area contributed by atoms with Crippen LogP contribution in [0.15, 0.2) is 29.1 Å². The Morgan fingerprint density at radius 2 is 1.96 bits per heavy atom. The number of ether oxygens (including phenoxy) is 2. The Hall–Kier alpha value is -2.73. The van der Waals surface area contributed by atoms with Crippen molar-refractivity contribution in [1.29, 1.82) is 0 Å². The topological polar surface area (TPSA) is 80.4 Å². The van der Waals surface area contributed by atoms with E-state index in [0.717, 1.165) is 11.3 Å². The molecule has 1 amide bonds. The maximum Gasteiger partial charge on any atom is 0.253 e. The number of aromatic nitrogens is 1. The van der Waals surface area contributed by atoms with Gasteiger partial charge in [0.25, 0.3) is 5.56 Å². The lowest BCUT2D eigenvalue weighted by molar-refractivity contribution is -0.116. The first-order chi connectivity index (χ1) is 12.3. The molecule has 0 aliphatic carbocycles. The Bertz CT molecular complexity index is 903. The summed E-state index contributed by atoms with van der Waals surface area (Å²) in [6.45, 7) is 3.80. The van der Waals surface area contributed by atoms with E-state index >= 15 is 0 Å². The van der Waals surface area contributed by atoms with Gasteiger partial charge in [-0.25, -0.2) is 0 Å². The van der Waals surface area contributed by atoms with Gasteiger partial charge in [0.2, 0.25) is 5.91 Å². The van der Waals surface area contributed by atoms with Crippen molar-refractivity contribution >= 4 is 23.6 Å². The maximum absolute atomic E-state index is 12.0. The lowest BCUT2D eigenvalue weighted by Gasteiger charge is -2.10. The fourth-order valence-electron chi connectivity index (χ4n) is 2.54. The minimum atomic E-state index is -0.324. The van der Waals surface area contributed by atoms with Crippen LogP contribution in [0.3, 0.4) is 0 Å². The molecule has 138 valence electrons. The number of nitrogens with one attached hydrogen (secondary N) is 2. The first-order valence-corrected chi connectivity index (χ1v) is 8.30. The van der Waals surface area contributed by atoms with Crippen LogP contribution >= 0.6 is 11.6 Å². The van der Waals surface area contributed by atoms with Crippen molar-refractivity contribution in [3.63, 3.8) is 0 Å². The standard InChI is InChI=1S/C19H21ClN2O4/c1-11-7-12(2)22-19(24)14(11)10-21-17(23)6-5-13-8-15(20)18(26-4)16(9-13)25-3/h5-9H,10H2,1-4H3,(H,21,23)(H,22,24)/b6-5+. The molecule has 26 heavy (non-hydrogen) atoms. The molecule has 7 heteroatoms. The monoisotopic (exact) mass is 376 g/mol. The highest BCUT2D eigenvalue weighted by molar-refractivity contribution is 6.32. The molecule has 0 saturated carbocycles. The van der Waals surface area contributed by atoms with Gasteiger partial charge in [0, 0.05) is 23.9 Å². The number of hydrogen-bond acceptors (Lipinski definition) is 4. The molecular weight excluding hydrogens is 356 g/mol. The summed E-state index contributed by atoms with van der Waals surface area (Å²) >= 11 is 6.14. The van der Waals surface area contributed by atoms with Gasteiger partial charge in [-0.2, -0.15) is 0 Å². The molecule has 0 spiro atoms.